The molecule has 3 aromatic rings. The fourth-order valence-corrected chi connectivity index (χ4v) is 6.29. The summed E-state index contributed by atoms with van der Waals surface area (Å²) in [6.07, 6.45) is 4.79. The van der Waals surface area contributed by atoms with E-state index in [1.165, 1.54) is 11.3 Å². The van der Waals surface area contributed by atoms with Crippen LogP contribution in [0.5, 0.6) is 0 Å². The number of carbonyl (C=O) groups is 1. The van der Waals surface area contributed by atoms with Crippen molar-refractivity contribution in [1.29, 1.82) is 0 Å². The van der Waals surface area contributed by atoms with Gasteiger partial charge in [0.2, 0.25) is 0 Å². The molecule has 9 heteroatoms. The van der Waals surface area contributed by atoms with E-state index in [1.807, 2.05) is 31.7 Å². The smallest absolute Gasteiger partial charge is 0.265 e. The van der Waals surface area contributed by atoms with E-state index >= 15 is 0 Å². The lowest BCUT2D eigenvalue weighted by atomic mass is 10.1. The van der Waals surface area contributed by atoms with Crippen LogP contribution in [0.25, 0.3) is 10.7 Å². The Labute approximate surface area is 193 Å². The first-order valence-electron chi connectivity index (χ1n) is 10.7. The molecule has 1 aliphatic rings. The normalized spacial score (nSPS) is 14.6. The minimum absolute atomic E-state index is 0.0180. The Morgan fingerprint density at radius 3 is 2.34 bits per heavy atom. The number of nitrogens with zero attached hydrogens (tertiary/aromatic N) is 3. The largest absolute Gasteiger partial charge is 0.347 e. The summed E-state index contributed by atoms with van der Waals surface area (Å²) in [5.41, 5.74) is 3.85. The number of aromatic nitrogens is 2. The van der Waals surface area contributed by atoms with Gasteiger partial charge in [0.25, 0.3) is 15.9 Å². The van der Waals surface area contributed by atoms with Gasteiger partial charge < -0.3 is 9.47 Å². The molecule has 0 bridgehead atoms. The van der Waals surface area contributed by atoms with E-state index in [1.54, 1.807) is 36.0 Å². The van der Waals surface area contributed by atoms with Crippen LogP contribution in [0, 0.1) is 20.8 Å². The van der Waals surface area contributed by atoms with Gasteiger partial charge in [0.1, 0.15) is 14.8 Å². The molecule has 0 saturated carbocycles. The number of piperidine rings is 1. The minimum atomic E-state index is -3.76. The summed E-state index contributed by atoms with van der Waals surface area (Å²) < 4.78 is 30.4. The lowest BCUT2D eigenvalue weighted by molar-refractivity contribution is 0.0728. The van der Waals surface area contributed by atoms with Crippen LogP contribution in [0.1, 0.15) is 45.8 Å². The number of rotatable bonds is 5. The Hall–Kier alpha value is -2.65. The first kappa shape index (κ1) is 22.5. The summed E-state index contributed by atoms with van der Waals surface area (Å²) in [6.45, 7) is 7.25. The maximum atomic E-state index is 13.0. The van der Waals surface area contributed by atoms with Crippen molar-refractivity contribution in [2.24, 2.45) is 7.05 Å². The van der Waals surface area contributed by atoms with Crippen molar-refractivity contribution in [2.45, 2.75) is 44.9 Å². The van der Waals surface area contributed by atoms with E-state index in [0.717, 1.165) is 43.5 Å². The van der Waals surface area contributed by atoms with Gasteiger partial charge in [0.05, 0.1) is 11.4 Å². The Bertz CT molecular complexity index is 1250. The minimum Gasteiger partial charge on any atom is -0.347 e. The van der Waals surface area contributed by atoms with Crippen LogP contribution in [0.4, 0.5) is 5.69 Å². The highest BCUT2D eigenvalue weighted by Crippen LogP contribution is 2.32. The fourth-order valence-electron chi connectivity index (χ4n) is 4.09. The van der Waals surface area contributed by atoms with E-state index in [9.17, 15) is 13.2 Å². The standard InChI is InChI=1S/C23H28N4O3S2/c1-15-10-16(2)12-18(11-15)25-32(29,30)19-13-20(26(4)14-19)22-24-17(3)21(31-22)23(28)27-8-6-5-7-9-27/h10-14,25H,5-9H2,1-4H3. The van der Waals surface area contributed by atoms with Crippen molar-refractivity contribution in [3.63, 3.8) is 0 Å². The van der Waals surface area contributed by atoms with Crippen LogP contribution in [0.15, 0.2) is 35.4 Å². The predicted octanol–water partition coefficient (Wildman–Crippen LogP) is 4.50. The lowest BCUT2D eigenvalue weighted by Gasteiger charge is -2.26. The highest BCUT2D eigenvalue weighted by atomic mass is 32.2. The molecule has 4 rings (SSSR count). The van der Waals surface area contributed by atoms with Crippen molar-refractivity contribution in [3.05, 3.63) is 52.2 Å². The molecular formula is C23H28N4O3S2. The Kier molecular flexibility index (Phi) is 6.13. The second kappa shape index (κ2) is 8.71. The number of aryl methyl sites for hydroxylation is 4. The van der Waals surface area contributed by atoms with Crippen molar-refractivity contribution < 1.29 is 13.2 Å². The second-order valence-corrected chi connectivity index (χ2v) is 11.1. The molecule has 2 aromatic heterocycles. The number of carbonyl (C=O) groups excluding carboxylic acids is 1. The maximum Gasteiger partial charge on any atom is 0.265 e. The third-order valence-corrected chi connectivity index (χ3v) is 8.13. The Morgan fingerprint density at radius 1 is 1.03 bits per heavy atom. The summed E-state index contributed by atoms with van der Waals surface area (Å²) in [5.74, 6) is 0.0180. The number of amides is 1. The zero-order valence-electron chi connectivity index (χ0n) is 18.8. The molecule has 170 valence electrons. The third kappa shape index (κ3) is 4.59. The number of likely N-dealkylation sites (tertiary alicyclic amines) is 1. The number of thiazole rings is 1. The molecule has 1 aliphatic heterocycles. The van der Waals surface area contributed by atoms with Crippen molar-refractivity contribution in [3.8, 4) is 10.7 Å². The van der Waals surface area contributed by atoms with Gasteiger partial charge in [-0.2, -0.15) is 0 Å². The van der Waals surface area contributed by atoms with Gasteiger partial charge in [-0.3, -0.25) is 9.52 Å². The van der Waals surface area contributed by atoms with Crippen LogP contribution in [-0.4, -0.2) is 41.9 Å². The van der Waals surface area contributed by atoms with Crippen LogP contribution < -0.4 is 4.72 Å². The lowest BCUT2D eigenvalue weighted by Crippen LogP contribution is -2.35. The fraction of sp³-hybridized carbons (Fsp3) is 0.391. The molecule has 1 fully saturated rings. The molecular weight excluding hydrogens is 444 g/mol. The quantitative estimate of drug-likeness (QED) is 0.593. The van der Waals surface area contributed by atoms with Crippen molar-refractivity contribution >= 4 is 33.0 Å². The molecule has 0 radical (unpaired) electrons. The van der Waals surface area contributed by atoms with Gasteiger partial charge in [-0.05, 0) is 69.4 Å². The van der Waals surface area contributed by atoms with E-state index in [2.05, 4.69) is 9.71 Å². The maximum absolute atomic E-state index is 13.0. The van der Waals surface area contributed by atoms with Gasteiger partial charge in [-0.1, -0.05) is 6.07 Å². The number of benzene rings is 1. The first-order valence-corrected chi connectivity index (χ1v) is 13.0. The van der Waals surface area contributed by atoms with Crippen LogP contribution >= 0.6 is 11.3 Å². The number of anilines is 1. The summed E-state index contributed by atoms with van der Waals surface area (Å²) in [6, 6.07) is 7.21. The highest BCUT2D eigenvalue weighted by molar-refractivity contribution is 7.92. The van der Waals surface area contributed by atoms with E-state index in [0.29, 0.717) is 27.0 Å². The van der Waals surface area contributed by atoms with Gasteiger partial charge >= 0.3 is 0 Å². The number of hydrogen-bond acceptors (Lipinski definition) is 5. The van der Waals surface area contributed by atoms with Crippen molar-refractivity contribution in [2.75, 3.05) is 17.8 Å². The molecule has 0 atom stereocenters. The summed E-state index contributed by atoms with van der Waals surface area (Å²) in [7, 11) is -1.98. The monoisotopic (exact) mass is 472 g/mol. The third-order valence-electron chi connectivity index (χ3n) is 5.62. The zero-order valence-corrected chi connectivity index (χ0v) is 20.4. The highest BCUT2D eigenvalue weighted by Gasteiger charge is 2.25. The summed E-state index contributed by atoms with van der Waals surface area (Å²) >= 11 is 1.32. The van der Waals surface area contributed by atoms with Crippen LogP contribution in [0.2, 0.25) is 0 Å². The number of nitrogens with one attached hydrogen (secondary N) is 1. The average Bonchev–Trinajstić information content (AvgIpc) is 3.30. The van der Waals surface area contributed by atoms with E-state index in [4.69, 9.17) is 0 Å². The molecule has 0 spiro atoms. The molecule has 7 nitrogen and oxygen atoms in total. The van der Waals surface area contributed by atoms with E-state index in [-0.39, 0.29) is 10.8 Å². The first-order chi connectivity index (χ1) is 15.1. The molecule has 0 aliphatic carbocycles. The summed E-state index contributed by atoms with van der Waals surface area (Å²) in [4.78, 5) is 20.2. The van der Waals surface area contributed by atoms with Gasteiger partial charge in [0.15, 0.2) is 0 Å². The molecule has 32 heavy (non-hydrogen) atoms. The topological polar surface area (TPSA) is 84.3 Å². The average molecular weight is 473 g/mol. The van der Waals surface area contributed by atoms with Crippen LogP contribution in [-0.2, 0) is 17.1 Å². The molecule has 3 heterocycles. The second-order valence-electron chi connectivity index (χ2n) is 8.44. The van der Waals surface area contributed by atoms with Gasteiger partial charge in [0, 0.05) is 32.0 Å². The number of hydrogen-bond donors (Lipinski definition) is 1. The summed E-state index contributed by atoms with van der Waals surface area (Å²) in [5, 5.41) is 0.637. The van der Waals surface area contributed by atoms with Gasteiger partial charge in [-0.25, -0.2) is 13.4 Å². The molecule has 0 unspecified atom stereocenters. The molecule has 1 saturated heterocycles. The molecule has 1 aromatic carbocycles. The van der Waals surface area contributed by atoms with E-state index < -0.39 is 10.0 Å². The zero-order chi connectivity index (χ0) is 23.0. The number of sulfonamides is 1. The molecule has 1 N–H and O–H groups in total. The Morgan fingerprint density at radius 2 is 1.69 bits per heavy atom. The predicted molar refractivity (Wildman–Crippen MR) is 128 cm³/mol. The molecule has 1 amide bonds. The SMILES string of the molecule is Cc1cc(C)cc(NS(=O)(=O)c2cc(-c3nc(C)c(C(=O)N4CCCCC4)s3)n(C)c2)c1. The Balaban J connectivity index is 1.61. The van der Waals surface area contributed by atoms with Crippen LogP contribution in [0.3, 0.4) is 0 Å². The van der Waals surface area contributed by atoms with Crippen molar-refractivity contribution in [1.82, 2.24) is 14.5 Å². The van der Waals surface area contributed by atoms with Gasteiger partial charge in [-0.15, -0.1) is 11.3 Å².